The maximum atomic E-state index is 12.3. The molecule has 3 aromatic heterocycles. The van der Waals surface area contributed by atoms with Crippen molar-refractivity contribution >= 4 is 27.0 Å². The van der Waals surface area contributed by atoms with Crippen molar-refractivity contribution in [3.05, 3.63) is 71.9 Å². The van der Waals surface area contributed by atoms with Crippen LogP contribution < -0.4 is 9.46 Å². The van der Waals surface area contributed by atoms with Crippen LogP contribution in [0.15, 0.2) is 64.4 Å². The van der Waals surface area contributed by atoms with Crippen LogP contribution in [0.5, 0.6) is 11.6 Å². The number of nitrogens with zero attached hydrogens (tertiary/aromatic N) is 4. The van der Waals surface area contributed by atoms with Gasteiger partial charge in [0.1, 0.15) is 27.4 Å². The Morgan fingerprint density at radius 3 is 2.55 bits per heavy atom. The van der Waals surface area contributed by atoms with Crippen molar-refractivity contribution in [2.75, 3.05) is 4.72 Å². The maximum Gasteiger partial charge on any atom is 0.271 e. The summed E-state index contributed by atoms with van der Waals surface area (Å²) in [6, 6.07) is 11.6. The number of aryl methyl sites for hydroxylation is 2. The van der Waals surface area contributed by atoms with Gasteiger partial charge in [-0.25, -0.2) is 18.4 Å². The minimum atomic E-state index is -3.58. The fourth-order valence-corrected chi connectivity index (χ4v) is 4.71. The zero-order valence-corrected chi connectivity index (χ0v) is 17.2. The van der Waals surface area contributed by atoms with Crippen LogP contribution in [0.1, 0.15) is 11.6 Å². The Labute approximate surface area is 171 Å². The van der Waals surface area contributed by atoms with Gasteiger partial charge in [-0.15, -0.1) is 11.3 Å². The molecule has 1 N–H and O–H groups in total. The van der Waals surface area contributed by atoms with Crippen molar-refractivity contribution in [1.29, 1.82) is 0 Å². The van der Waals surface area contributed by atoms with Gasteiger partial charge < -0.3 is 4.74 Å². The molecule has 0 saturated carbocycles. The Hall–Kier alpha value is -3.24. The summed E-state index contributed by atoms with van der Waals surface area (Å²) in [6.07, 6.45) is 3.51. The summed E-state index contributed by atoms with van der Waals surface area (Å²) in [6.45, 7) is 3.67. The highest BCUT2D eigenvalue weighted by molar-refractivity contribution is 7.94. The first kappa shape index (κ1) is 19.1. The third kappa shape index (κ3) is 4.28. The summed E-state index contributed by atoms with van der Waals surface area (Å²) >= 11 is 1.16. The minimum Gasteiger partial charge on any atom is -0.439 e. The number of ether oxygens (including phenoxy) is 1. The van der Waals surface area contributed by atoms with Crippen molar-refractivity contribution in [2.24, 2.45) is 0 Å². The van der Waals surface area contributed by atoms with E-state index in [2.05, 4.69) is 19.7 Å². The number of thiophene rings is 1. The van der Waals surface area contributed by atoms with Crippen LogP contribution in [0.25, 0.3) is 5.82 Å². The molecule has 10 heteroatoms. The van der Waals surface area contributed by atoms with Crippen molar-refractivity contribution in [1.82, 2.24) is 19.5 Å². The van der Waals surface area contributed by atoms with Crippen molar-refractivity contribution in [2.45, 2.75) is 18.1 Å². The highest BCUT2D eigenvalue weighted by Crippen LogP contribution is 2.25. The molecule has 0 atom stereocenters. The first-order valence-electron chi connectivity index (χ1n) is 8.61. The molecule has 4 aromatic rings. The molecule has 4 rings (SSSR count). The highest BCUT2D eigenvalue weighted by Gasteiger charge is 2.15. The molecule has 0 radical (unpaired) electrons. The van der Waals surface area contributed by atoms with Gasteiger partial charge in [-0.3, -0.25) is 9.29 Å². The van der Waals surface area contributed by atoms with E-state index in [4.69, 9.17) is 4.74 Å². The number of nitrogens with one attached hydrogen (secondary N) is 1. The van der Waals surface area contributed by atoms with Gasteiger partial charge in [0.2, 0.25) is 5.88 Å². The summed E-state index contributed by atoms with van der Waals surface area (Å²) in [7, 11) is -3.58. The number of aromatic nitrogens is 4. The van der Waals surface area contributed by atoms with Crippen LogP contribution in [-0.2, 0) is 10.0 Å². The smallest absolute Gasteiger partial charge is 0.271 e. The topological polar surface area (TPSA) is 99.0 Å². The fourth-order valence-electron chi connectivity index (χ4n) is 2.65. The number of sulfonamides is 1. The summed E-state index contributed by atoms with van der Waals surface area (Å²) in [5, 5.41) is 1.72. The Bertz CT molecular complexity index is 1230. The Morgan fingerprint density at radius 2 is 1.90 bits per heavy atom. The van der Waals surface area contributed by atoms with E-state index in [0.717, 1.165) is 17.2 Å². The van der Waals surface area contributed by atoms with Crippen molar-refractivity contribution in [3.8, 4) is 17.4 Å². The molecule has 0 aliphatic carbocycles. The summed E-state index contributed by atoms with van der Waals surface area (Å²) < 4.78 is 35.1. The molecule has 0 aliphatic rings. The number of hydrogen-bond donors (Lipinski definition) is 1. The van der Waals surface area contributed by atoms with Crippen molar-refractivity contribution < 1.29 is 13.2 Å². The molecule has 0 fully saturated rings. The molecule has 0 bridgehead atoms. The van der Waals surface area contributed by atoms with E-state index in [1.165, 1.54) is 0 Å². The first-order chi connectivity index (χ1) is 13.9. The number of anilines is 1. The Morgan fingerprint density at radius 1 is 1.10 bits per heavy atom. The van der Waals surface area contributed by atoms with Gasteiger partial charge in [-0.05, 0) is 49.6 Å². The number of benzene rings is 1. The molecule has 1 aromatic carbocycles. The molecule has 148 valence electrons. The predicted octanol–water partition coefficient (Wildman–Crippen LogP) is 3.93. The standard InChI is InChI=1S/C19H17N5O3S2/c1-13-21-17(24-10-9-20-14(24)2)12-18(22-13)27-16-7-5-15(6-8-16)23-29(25,26)19-4-3-11-28-19/h3-12,23H,1-2H3. The van der Waals surface area contributed by atoms with E-state index in [1.807, 2.05) is 17.7 Å². The quantitative estimate of drug-likeness (QED) is 0.500. The minimum absolute atomic E-state index is 0.261. The predicted molar refractivity (Wildman–Crippen MR) is 110 cm³/mol. The summed E-state index contributed by atoms with van der Waals surface area (Å²) in [5.41, 5.74) is 0.444. The van der Waals surface area contributed by atoms with Gasteiger partial charge in [0.25, 0.3) is 10.0 Å². The monoisotopic (exact) mass is 427 g/mol. The summed E-state index contributed by atoms with van der Waals surface area (Å²) in [4.78, 5) is 12.9. The van der Waals surface area contributed by atoms with Gasteiger partial charge in [0, 0.05) is 24.1 Å². The second-order valence-electron chi connectivity index (χ2n) is 6.12. The zero-order chi connectivity index (χ0) is 20.4. The molecule has 0 spiro atoms. The van der Waals surface area contributed by atoms with Crippen LogP contribution >= 0.6 is 11.3 Å². The largest absolute Gasteiger partial charge is 0.439 e. The van der Waals surface area contributed by atoms with Gasteiger partial charge in [0.15, 0.2) is 0 Å². The second kappa shape index (κ2) is 7.64. The van der Waals surface area contributed by atoms with E-state index in [9.17, 15) is 8.42 Å². The lowest BCUT2D eigenvalue weighted by atomic mass is 10.3. The van der Waals surface area contributed by atoms with Crippen LogP contribution in [-0.4, -0.2) is 27.9 Å². The average molecular weight is 428 g/mol. The van der Waals surface area contributed by atoms with Crippen LogP contribution in [0, 0.1) is 13.8 Å². The summed E-state index contributed by atoms with van der Waals surface area (Å²) in [5.74, 6) is 2.92. The number of imidazole rings is 1. The molecule has 0 amide bonds. The molecule has 0 aliphatic heterocycles. The van der Waals surface area contributed by atoms with E-state index < -0.39 is 10.0 Å². The van der Waals surface area contributed by atoms with Crippen LogP contribution in [0.3, 0.4) is 0 Å². The second-order valence-corrected chi connectivity index (χ2v) is 8.98. The molecular formula is C19H17N5O3S2. The Balaban J connectivity index is 1.52. The molecule has 0 unspecified atom stereocenters. The van der Waals surface area contributed by atoms with Gasteiger partial charge >= 0.3 is 0 Å². The third-order valence-corrected chi connectivity index (χ3v) is 6.74. The Kier molecular flexibility index (Phi) is 5.03. The van der Waals surface area contributed by atoms with Crippen LogP contribution in [0.2, 0.25) is 0 Å². The first-order valence-corrected chi connectivity index (χ1v) is 11.0. The van der Waals surface area contributed by atoms with E-state index in [-0.39, 0.29) is 4.21 Å². The zero-order valence-electron chi connectivity index (χ0n) is 15.6. The highest BCUT2D eigenvalue weighted by atomic mass is 32.2. The fraction of sp³-hybridized carbons (Fsp3) is 0.105. The molecule has 8 nitrogen and oxygen atoms in total. The number of rotatable bonds is 6. The lowest BCUT2D eigenvalue weighted by Crippen LogP contribution is -2.11. The van der Waals surface area contributed by atoms with E-state index >= 15 is 0 Å². The van der Waals surface area contributed by atoms with Crippen LogP contribution in [0.4, 0.5) is 5.69 Å². The van der Waals surface area contributed by atoms with Gasteiger partial charge in [-0.1, -0.05) is 6.07 Å². The normalized spacial score (nSPS) is 11.4. The molecule has 29 heavy (non-hydrogen) atoms. The lowest BCUT2D eigenvalue weighted by molar-refractivity contribution is 0.459. The van der Waals surface area contributed by atoms with Gasteiger partial charge in [-0.2, -0.15) is 4.98 Å². The van der Waals surface area contributed by atoms with Gasteiger partial charge in [0.05, 0.1) is 0 Å². The molecular weight excluding hydrogens is 410 g/mol. The van der Waals surface area contributed by atoms with E-state index in [0.29, 0.717) is 29.0 Å². The lowest BCUT2D eigenvalue weighted by Gasteiger charge is -2.10. The number of hydrogen-bond acceptors (Lipinski definition) is 7. The van der Waals surface area contributed by atoms with E-state index in [1.54, 1.807) is 61.0 Å². The SMILES string of the molecule is Cc1nc(Oc2ccc(NS(=O)(=O)c3cccs3)cc2)cc(-n2ccnc2C)n1. The molecule has 0 saturated heterocycles. The maximum absolute atomic E-state index is 12.3. The molecule has 3 heterocycles. The average Bonchev–Trinajstić information content (AvgIpc) is 3.35. The van der Waals surface area contributed by atoms with Crippen molar-refractivity contribution in [3.63, 3.8) is 0 Å². The third-order valence-electron chi connectivity index (χ3n) is 3.96.